The molecule has 0 aromatic heterocycles. The molecule has 0 aliphatic heterocycles. The molecular weight excluding hydrogens is 254 g/mol. The number of anilines is 1. The summed E-state index contributed by atoms with van der Waals surface area (Å²) in [4.78, 5) is 0. The van der Waals surface area contributed by atoms with Crippen molar-refractivity contribution in [1.82, 2.24) is 0 Å². The number of hydrogen-bond acceptors (Lipinski definition) is 2. The Balaban J connectivity index is 1.96. The Labute approximate surface area is 110 Å². The van der Waals surface area contributed by atoms with Gasteiger partial charge >= 0.3 is 0 Å². The maximum absolute atomic E-state index is 5.77. The Morgan fingerprint density at radius 3 is 2.29 bits per heavy atom. The van der Waals surface area contributed by atoms with Crippen molar-refractivity contribution in [3.63, 3.8) is 0 Å². The predicted molar refractivity (Wildman–Crippen MR) is 74.7 cm³/mol. The van der Waals surface area contributed by atoms with Gasteiger partial charge in [0.25, 0.3) is 5.17 Å². The van der Waals surface area contributed by atoms with Crippen molar-refractivity contribution in [3.05, 3.63) is 59.6 Å². The lowest BCUT2D eigenvalue weighted by atomic mass is 10.3. The highest BCUT2D eigenvalue weighted by molar-refractivity contribution is 7.80. The maximum Gasteiger partial charge on any atom is 0.266 e. The van der Waals surface area contributed by atoms with Crippen LogP contribution in [0.4, 0.5) is 5.69 Å². The fraction of sp³-hybridized carbons (Fsp3) is 0. The second-order valence-corrected chi connectivity index (χ2v) is 4.14. The molecule has 2 nitrogen and oxygen atoms in total. The molecule has 86 valence electrons. The van der Waals surface area contributed by atoms with Gasteiger partial charge in [-0.25, -0.2) is 0 Å². The Hall–Kier alpha value is -1.58. The Morgan fingerprint density at radius 2 is 1.65 bits per heavy atom. The first-order valence-corrected chi connectivity index (χ1v) is 5.82. The van der Waals surface area contributed by atoms with Crippen LogP contribution in [0, 0.1) is 0 Å². The summed E-state index contributed by atoms with van der Waals surface area (Å²) in [6.07, 6.45) is 0. The van der Waals surface area contributed by atoms with Gasteiger partial charge in [-0.15, -0.1) is 0 Å². The fourth-order valence-electron chi connectivity index (χ4n) is 1.27. The maximum atomic E-state index is 5.77. The molecule has 0 bridgehead atoms. The minimum atomic E-state index is 0.304. The smallest absolute Gasteiger partial charge is 0.266 e. The molecule has 0 spiro atoms. The van der Waals surface area contributed by atoms with Crippen LogP contribution in [0.25, 0.3) is 0 Å². The van der Waals surface area contributed by atoms with Crippen LogP contribution < -0.4 is 10.1 Å². The standard InChI is InChI=1S/C13H10ClNOS/c14-10-6-8-12(9-7-10)16-13(17)15-11-4-2-1-3-5-11/h1-9H,(H,15,17). The third-order valence-corrected chi connectivity index (χ3v) is 2.48. The van der Waals surface area contributed by atoms with Crippen LogP contribution in [0.1, 0.15) is 0 Å². The lowest BCUT2D eigenvalue weighted by Crippen LogP contribution is -2.16. The summed E-state index contributed by atoms with van der Waals surface area (Å²) < 4.78 is 5.43. The third kappa shape index (κ3) is 3.73. The molecule has 0 amide bonds. The molecule has 0 saturated carbocycles. The van der Waals surface area contributed by atoms with E-state index in [1.807, 2.05) is 30.3 Å². The van der Waals surface area contributed by atoms with E-state index >= 15 is 0 Å². The van der Waals surface area contributed by atoms with Crippen molar-refractivity contribution >= 4 is 34.7 Å². The van der Waals surface area contributed by atoms with Gasteiger partial charge in [-0.3, -0.25) is 0 Å². The predicted octanol–water partition coefficient (Wildman–Crippen LogP) is 4.12. The number of rotatable bonds is 2. The van der Waals surface area contributed by atoms with Crippen molar-refractivity contribution in [2.75, 3.05) is 5.32 Å². The Bertz CT molecular complexity index is 499. The average molecular weight is 264 g/mol. The van der Waals surface area contributed by atoms with Crippen molar-refractivity contribution < 1.29 is 4.74 Å². The van der Waals surface area contributed by atoms with E-state index in [9.17, 15) is 0 Å². The molecular formula is C13H10ClNOS. The summed E-state index contributed by atoms with van der Waals surface area (Å²) in [7, 11) is 0. The molecule has 17 heavy (non-hydrogen) atoms. The van der Waals surface area contributed by atoms with Crippen LogP contribution in [-0.2, 0) is 0 Å². The van der Waals surface area contributed by atoms with Gasteiger partial charge < -0.3 is 10.1 Å². The molecule has 0 unspecified atom stereocenters. The zero-order valence-electron chi connectivity index (χ0n) is 8.89. The lowest BCUT2D eigenvalue weighted by molar-refractivity contribution is 0.563. The summed E-state index contributed by atoms with van der Waals surface area (Å²) in [6.45, 7) is 0. The van der Waals surface area contributed by atoms with Gasteiger partial charge in [0.05, 0.1) is 0 Å². The van der Waals surface area contributed by atoms with Crippen molar-refractivity contribution in [2.24, 2.45) is 0 Å². The molecule has 0 aliphatic rings. The number of ether oxygens (including phenoxy) is 1. The molecule has 0 atom stereocenters. The van der Waals surface area contributed by atoms with Crippen LogP contribution in [0.5, 0.6) is 5.75 Å². The van der Waals surface area contributed by atoms with Crippen LogP contribution in [-0.4, -0.2) is 5.17 Å². The normalized spacial score (nSPS) is 9.71. The van der Waals surface area contributed by atoms with Crippen LogP contribution in [0.2, 0.25) is 5.02 Å². The minimum Gasteiger partial charge on any atom is -0.432 e. The second-order valence-electron chi connectivity index (χ2n) is 3.33. The molecule has 2 rings (SSSR count). The number of thiocarbonyl (C=S) groups is 1. The molecule has 0 aliphatic carbocycles. The zero-order valence-corrected chi connectivity index (χ0v) is 10.5. The largest absolute Gasteiger partial charge is 0.432 e. The van der Waals surface area contributed by atoms with Crippen molar-refractivity contribution in [1.29, 1.82) is 0 Å². The van der Waals surface area contributed by atoms with Gasteiger partial charge in [-0.1, -0.05) is 29.8 Å². The van der Waals surface area contributed by atoms with Gasteiger partial charge in [0, 0.05) is 10.7 Å². The summed E-state index contributed by atoms with van der Waals surface area (Å²) in [6, 6.07) is 16.6. The molecule has 0 fully saturated rings. The first kappa shape index (κ1) is 11.9. The average Bonchev–Trinajstić information content (AvgIpc) is 2.33. The number of benzene rings is 2. The van der Waals surface area contributed by atoms with Crippen molar-refractivity contribution in [3.8, 4) is 5.75 Å². The van der Waals surface area contributed by atoms with Gasteiger partial charge in [0.15, 0.2) is 0 Å². The number of halogens is 1. The highest BCUT2D eigenvalue weighted by Gasteiger charge is 2.00. The summed E-state index contributed by atoms with van der Waals surface area (Å²) in [5.74, 6) is 0.655. The van der Waals surface area contributed by atoms with E-state index in [1.54, 1.807) is 24.3 Å². The zero-order chi connectivity index (χ0) is 12.1. The van der Waals surface area contributed by atoms with E-state index in [2.05, 4.69) is 5.32 Å². The fourth-order valence-corrected chi connectivity index (χ4v) is 1.61. The SMILES string of the molecule is S=C(Nc1ccccc1)Oc1ccc(Cl)cc1. The number of para-hydroxylation sites is 1. The monoisotopic (exact) mass is 263 g/mol. The molecule has 4 heteroatoms. The van der Waals surface area contributed by atoms with E-state index in [-0.39, 0.29) is 0 Å². The number of nitrogens with one attached hydrogen (secondary N) is 1. The van der Waals surface area contributed by atoms with E-state index in [0.29, 0.717) is 15.9 Å². The van der Waals surface area contributed by atoms with Gasteiger partial charge in [-0.2, -0.15) is 0 Å². The Morgan fingerprint density at radius 1 is 1.00 bits per heavy atom. The second kappa shape index (κ2) is 5.66. The molecule has 0 heterocycles. The first-order chi connectivity index (χ1) is 8.24. The molecule has 1 N–H and O–H groups in total. The molecule has 2 aromatic rings. The van der Waals surface area contributed by atoms with Crippen molar-refractivity contribution in [2.45, 2.75) is 0 Å². The van der Waals surface area contributed by atoms with Crippen LogP contribution >= 0.6 is 23.8 Å². The third-order valence-electron chi connectivity index (χ3n) is 2.04. The molecule has 2 aromatic carbocycles. The number of hydrogen-bond donors (Lipinski definition) is 1. The van der Waals surface area contributed by atoms with Gasteiger partial charge in [-0.05, 0) is 48.6 Å². The Kier molecular flexibility index (Phi) is 3.96. The highest BCUT2D eigenvalue weighted by atomic mass is 35.5. The van der Waals surface area contributed by atoms with Crippen LogP contribution in [0.15, 0.2) is 54.6 Å². The first-order valence-electron chi connectivity index (χ1n) is 5.03. The van der Waals surface area contributed by atoms with E-state index in [4.69, 9.17) is 28.6 Å². The van der Waals surface area contributed by atoms with E-state index < -0.39 is 0 Å². The summed E-state index contributed by atoms with van der Waals surface area (Å²) in [5.41, 5.74) is 0.895. The highest BCUT2D eigenvalue weighted by Crippen LogP contribution is 2.16. The topological polar surface area (TPSA) is 21.3 Å². The van der Waals surface area contributed by atoms with E-state index in [0.717, 1.165) is 5.69 Å². The lowest BCUT2D eigenvalue weighted by Gasteiger charge is -2.09. The van der Waals surface area contributed by atoms with Crippen LogP contribution in [0.3, 0.4) is 0 Å². The molecule has 0 radical (unpaired) electrons. The molecule has 0 saturated heterocycles. The quantitative estimate of drug-likeness (QED) is 0.824. The summed E-state index contributed by atoms with van der Waals surface area (Å²) in [5, 5.41) is 3.95. The summed E-state index contributed by atoms with van der Waals surface area (Å²) >= 11 is 10.9. The van der Waals surface area contributed by atoms with E-state index in [1.165, 1.54) is 0 Å². The minimum absolute atomic E-state index is 0.304. The van der Waals surface area contributed by atoms with Gasteiger partial charge in [0.2, 0.25) is 0 Å². The van der Waals surface area contributed by atoms with Gasteiger partial charge in [0.1, 0.15) is 5.75 Å².